The van der Waals surface area contributed by atoms with Crippen molar-refractivity contribution in [3.05, 3.63) is 35.4 Å². The van der Waals surface area contributed by atoms with Crippen LogP contribution in [0.5, 0.6) is 0 Å². The summed E-state index contributed by atoms with van der Waals surface area (Å²) in [7, 11) is 1.28. The molecule has 1 aliphatic heterocycles. The third-order valence-electron chi connectivity index (χ3n) is 3.36. The first-order valence-corrected chi connectivity index (χ1v) is 5.89. The maximum atomic E-state index is 12.7. The minimum atomic E-state index is -4.37. The van der Waals surface area contributed by atoms with Gasteiger partial charge >= 0.3 is 12.1 Å². The van der Waals surface area contributed by atoms with Crippen LogP contribution in [0.1, 0.15) is 17.0 Å². The predicted molar refractivity (Wildman–Crippen MR) is 69.8 cm³/mol. The highest BCUT2D eigenvalue weighted by atomic mass is 35.5. The Morgan fingerprint density at radius 2 is 2.05 bits per heavy atom. The molecule has 2 atom stereocenters. The Kier molecular flexibility index (Phi) is 5.42. The van der Waals surface area contributed by atoms with Gasteiger partial charge in [0, 0.05) is 19.0 Å². The fourth-order valence-corrected chi connectivity index (χ4v) is 2.37. The van der Waals surface area contributed by atoms with Crippen LogP contribution in [0.2, 0.25) is 0 Å². The summed E-state index contributed by atoms with van der Waals surface area (Å²) in [5, 5.41) is 3.01. The van der Waals surface area contributed by atoms with E-state index < -0.39 is 23.6 Å². The molecule has 1 saturated heterocycles. The van der Waals surface area contributed by atoms with Crippen LogP contribution in [0, 0.1) is 5.92 Å². The monoisotopic (exact) mass is 309 g/mol. The lowest BCUT2D eigenvalue weighted by atomic mass is 9.88. The summed E-state index contributed by atoms with van der Waals surface area (Å²) in [6.45, 7) is 0.897. The second-order valence-corrected chi connectivity index (χ2v) is 4.52. The van der Waals surface area contributed by atoms with Crippen molar-refractivity contribution in [1.29, 1.82) is 0 Å². The topological polar surface area (TPSA) is 38.3 Å². The number of carbonyl (C=O) groups excluding carboxylic acids is 1. The van der Waals surface area contributed by atoms with E-state index >= 15 is 0 Å². The molecule has 0 saturated carbocycles. The van der Waals surface area contributed by atoms with Crippen molar-refractivity contribution in [3.63, 3.8) is 0 Å². The molecule has 3 nitrogen and oxygen atoms in total. The van der Waals surface area contributed by atoms with Crippen LogP contribution >= 0.6 is 12.4 Å². The number of carbonyl (C=O) groups is 1. The standard InChI is InChI=1S/C13H14F3NO2.ClH/c1-19-12(18)11-7-17-6-10(11)8-3-2-4-9(5-8)13(14,15)16;/h2-5,10-11,17H,6-7H2,1H3;1H/t10-,11+;/m0./s1. The largest absolute Gasteiger partial charge is 0.469 e. The summed E-state index contributed by atoms with van der Waals surface area (Å²) in [5.41, 5.74) is -0.184. The number of hydrogen-bond acceptors (Lipinski definition) is 3. The molecule has 112 valence electrons. The quantitative estimate of drug-likeness (QED) is 0.854. The van der Waals surface area contributed by atoms with Crippen LogP contribution in [-0.4, -0.2) is 26.2 Å². The SMILES string of the molecule is COC(=O)[C@@H]1CNC[C@H]1c1cccc(C(F)(F)F)c1.Cl. The van der Waals surface area contributed by atoms with E-state index in [1.54, 1.807) is 6.07 Å². The van der Waals surface area contributed by atoms with Crippen molar-refractivity contribution in [2.45, 2.75) is 12.1 Å². The third kappa shape index (κ3) is 3.43. The van der Waals surface area contributed by atoms with Crippen molar-refractivity contribution >= 4 is 18.4 Å². The van der Waals surface area contributed by atoms with Gasteiger partial charge in [0.15, 0.2) is 0 Å². The number of benzene rings is 1. The Morgan fingerprint density at radius 3 is 2.65 bits per heavy atom. The zero-order chi connectivity index (χ0) is 14.0. The van der Waals surface area contributed by atoms with Gasteiger partial charge in [-0.25, -0.2) is 0 Å². The number of ether oxygens (including phenoxy) is 1. The molecule has 1 aromatic rings. The maximum Gasteiger partial charge on any atom is 0.416 e. The minimum Gasteiger partial charge on any atom is -0.469 e. The summed E-state index contributed by atoms with van der Waals surface area (Å²) < 4.78 is 42.7. The molecule has 0 spiro atoms. The lowest BCUT2D eigenvalue weighted by Gasteiger charge is -2.18. The molecule has 0 aliphatic carbocycles. The fraction of sp³-hybridized carbons (Fsp3) is 0.462. The van der Waals surface area contributed by atoms with Gasteiger partial charge in [0.25, 0.3) is 0 Å². The number of hydrogen-bond donors (Lipinski definition) is 1. The summed E-state index contributed by atoms with van der Waals surface area (Å²) in [6, 6.07) is 5.11. The van der Waals surface area contributed by atoms with Crippen molar-refractivity contribution < 1.29 is 22.7 Å². The second kappa shape index (κ2) is 6.45. The number of nitrogens with one attached hydrogen (secondary N) is 1. The van der Waals surface area contributed by atoms with Gasteiger partial charge in [-0.05, 0) is 11.6 Å². The van der Waals surface area contributed by atoms with Crippen LogP contribution in [0.15, 0.2) is 24.3 Å². The Bertz CT molecular complexity index is 479. The van der Waals surface area contributed by atoms with Crippen LogP contribution in [0.4, 0.5) is 13.2 Å². The predicted octanol–water partition coefficient (Wildman–Crippen LogP) is 2.60. The van der Waals surface area contributed by atoms with E-state index in [0.29, 0.717) is 18.7 Å². The van der Waals surface area contributed by atoms with E-state index in [2.05, 4.69) is 10.1 Å². The Morgan fingerprint density at radius 1 is 1.35 bits per heavy atom. The smallest absolute Gasteiger partial charge is 0.416 e. The molecule has 0 bridgehead atoms. The highest BCUT2D eigenvalue weighted by Gasteiger charge is 2.36. The average Bonchev–Trinajstić information content (AvgIpc) is 2.86. The molecule has 0 unspecified atom stereocenters. The Balaban J connectivity index is 0.00000200. The molecule has 1 aliphatic rings. The normalized spacial score (nSPS) is 22.2. The number of esters is 1. The van der Waals surface area contributed by atoms with Crippen molar-refractivity contribution in [1.82, 2.24) is 5.32 Å². The van der Waals surface area contributed by atoms with E-state index in [1.807, 2.05) is 0 Å². The molecule has 0 aromatic heterocycles. The van der Waals surface area contributed by atoms with Crippen molar-refractivity contribution in [2.24, 2.45) is 5.92 Å². The first kappa shape index (κ1) is 16.8. The van der Waals surface area contributed by atoms with Crippen molar-refractivity contribution in [3.8, 4) is 0 Å². The molecule has 20 heavy (non-hydrogen) atoms. The summed E-state index contributed by atoms with van der Waals surface area (Å²) in [4.78, 5) is 11.6. The average molecular weight is 310 g/mol. The first-order chi connectivity index (χ1) is 8.93. The highest BCUT2D eigenvalue weighted by molar-refractivity contribution is 5.85. The van der Waals surface area contributed by atoms with Crippen LogP contribution in [0.3, 0.4) is 0 Å². The lowest BCUT2D eigenvalue weighted by molar-refractivity contribution is -0.145. The molecular formula is C13H15ClF3NO2. The third-order valence-corrected chi connectivity index (χ3v) is 3.36. The van der Waals surface area contributed by atoms with E-state index in [-0.39, 0.29) is 18.3 Å². The molecule has 1 heterocycles. The molecule has 0 amide bonds. The maximum absolute atomic E-state index is 12.7. The summed E-state index contributed by atoms with van der Waals surface area (Å²) in [5.74, 6) is -1.12. The van der Waals surface area contributed by atoms with Gasteiger partial charge in [0.05, 0.1) is 18.6 Å². The molecule has 0 radical (unpaired) electrons. The van der Waals surface area contributed by atoms with E-state index in [9.17, 15) is 18.0 Å². The van der Waals surface area contributed by atoms with Gasteiger partial charge in [0.1, 0.15) is 0 Å². The van der Waals surface area contributed by atoms with Gasteiger partial charge in [0.2, 0.25) is 0 Å². The van der Waals surface area contributed by atoms with E-state index in [1.165, 1.54) is 13.2 Å². The number of rotatable bonds is 2. The van der Waals surface area contributed by atoms with Crippen molar-refractivity contribution in [2.75, 3.05) is 20.2 Å². The van der Waals surface area contributed by atoms with Gasteiger partial charge < -0.3 is 10.1 Å². The minimum absolute atomic E-state index is 0. The zero-order valence-corrected chi connectivity index (χ0v) is 11.6. The number of alkyl halides is 3. The first-order valence-electron chi connectivity index (χ1n) is 5.89. The van der Waals surface area contributed by atoms with Gasteiger partial charge in [-0.3, -0.25) is 4.79 Å². The number of halogens is 4. The highest BCUT2D eigenvalue weighted by Crippen LogP contribution is 2.34. The molecule has 1 fully saturated rings. The zero-order valence-electron chi connectivity index (χ0n) is 10.7. The van der Waals surface area contributed by atoms with Gasteiger partial charge in [-0.15, -0.1) is 12.4 Å². The molecule has 1 N–H and O–H groups in total. The van der Waals surface area contributed by atoms with Crippen LogP contribution in [0.25, 0.3) is 0 Å². The van der Waals surface area contributed by atoms with E-state index in [0.717, 1.165) is 12.1 Å². The van der Waals surface area contributed by atoms with Crippen LogP contribution in [-0.2, 0) is 15.7 Å². The van der Waals surface area contributed by atoms with Gasteiger partial charge in [-0.2, -0.15) is 13.2 Å². The van der Waals surface area contributed by atoms with Crippen LogP contribution < -0.4 is 5.32 Å². The number of methoxy groups -OCH3 is 1. The molecule has 1 aromatic carbocycles. The fourth-order valence-electron chi connectivity index (χ4n) is 2.37. The van der Waals surface area contributed by atoms with Gasteiger partial charge in [-0.1, -0.05) is 18.2 Å². The molecule has 7 heteroatoms. The lowest BCUT2D eigenvalue weighted by Crippen LogP contribution is -2.23. The molecular weight excluding hydrogens is 295 g/mol. The van der Waals surface area contributed by atoms with E-state index in [4.69, 9.17) is 0 Å². The summed E-state index contributed by atoms with van der Waals surface area (Å²) in [6.07, 6.45) is -4.37. The summed E-state index contributed by atoms with van der Waals surface area (Å²) >= 11 is 0. The Hall–Kier alpha value is -1.27. The Labute approximate surface area is 120 Å². The molecule has 2 rings (SSSR count). The second-order valence-electron chi connectivity index (χ2n) is 4.52.